The highest BCUT2D eigenvalue weighted by atomic mass is 16.5. The molecule has 1 amide bonds. The third-order valence-corrected chi connectivity index (χ3v) is 4.49. The molecule has 3 N–H and O–H groups in total. The summed E-state index contributed by atoms with van der Waals surface area (Å²) in [6.07, 6.45) is 6.04. The summed E-state index contributed by atoms with van der Waals surface area (Å²) in [5.41, 5.74) is 5.11. The van der Waals surface area contributed by atoms with Gasteiger partial charge < -0.3 is 10.1 Å². The van der Waals surface area contributed by atoms with E-state index in [2.05, 4.69) is 17.5 Å². The molecule has 1 aliphatic carbocycles. The first-order chi connectivity index (χ1) is 12.3. The van der Waals surface area contributed by atoms with E-state index in [0.717, 1.165) is 41.2 Å². The van der Waals surface area contributed by atoms with Crippen molar-refractivity contribution in [2.75, 3.05) is 0 Å². The molecule has 5 heteroatoms. The highest BCUT2D eigenvalue weighted by Crippen LogP contribution is 2.37. The Labute approximate surface area is 145 Å². The van der Waals surface area contributed by atoms with Crippen LogP contribution in [0.4, 0.5) is 0 Å². The first-order valence-electron chi connectivity index (χ1n) is 8.23. The Morgan fingerprint density at radius 2 is 1.96 bits per heavy atom. The van der Waals surface area contributed by atoms with Crippen LogP contribution < -0.4 is 15.5 Å². The second-order valence-electron chi connectivity index (χ2n) is 6.06. The van der Waals surface area contributed by atoms with Crippen LogP contribution >= 0.6 is 0 Å². The van der Waals surface area contributed by atoms with E-state index < -0.39 is 5.91 Å². The van der Waals surface area contributed by atoms with Crippen molar-refractivity contribution in [3.05, 3.63) is 88.8 Å². The molecule has 0 saturated heterocycles. The molecule has 0 radical (unpaired) electrons. The molecule has 0 saturated carbocycles. The highest BCUT2D eigenvalue weighted by molar-refractivity contribution is 5.93. The van der Waals surface area contributed by atoms with E-state index in [1.54, 1.807) is 17.6 Å². The summed E-state index contributed by atoms with van der Waals surface area (Å²) in [5.74, 6) is 1.27. The average molecular weight is 334 g/mol. The number of carbonyl (C=O) groups is 1. The van der Waals surface area contributed by atoms with Gasteiger partial charge in [0.1, 0.15) is 11.5 Å². The molecule has 1 atom stereocenters. The zero-order valence-corrected chi connectivity index (χ0v) is 13.5. The summed E-state index contributed by atoms with van der Waals surface area (Å²) in [7, 11) is 0. The number of carbonyl (C=O) groups excluding carboxylic acids is 1. The maximum Gasteiger partial charge on any atom is 0.274 e. The second kappa shape index (κ2) is 6.45. The molecule has 1 aliphatic heterocycles. The second-order valence-corrected chi connectivity index (χ2v) is 6.06. The number of hydroxylamine groups is 1. The van der Waals surface area contributed by atoms with Gasteiger partial charge in [-0.3, -0.25) is 10.0 Å². The Hall–Kier alpha value is -3.05. The lowest BCUT2D eigenvalue weighted by atomic mass is 9.96. The van der Waals surface area contributed by atoms with Crippen LogP contribution in [0.3, 0.4) is 0 Å². The SMILES string of the molecule is O=C(NO)c1ccc(C2NC3=C(CCC=C3)Oc3ccccc32)cc1. The first kappa shape index (κ1) is 15.5. The molecule has 126 valence electrons. The van der Waals surface area contributed by atoms with Gasteiger partial charge in [-0.15, -0.1) is 0 Å². The molecular formula is C20H18N2O3. The zero-order valence-electron chi connectivity index (χ0n) is 13.5. The van der Waals surface area contributed by atoms with Crippen LogP contribution in [0, 0.1) is 0 Å². The molecule has 2 aromatic rings. The van der Waals surface area contributed by atoms with Crippen molar-refractivity contribution in [1.82, 2.24) is 10.8 Å². The maximum absolute atomic E-state index is 11.5. The highest BCUT2D eigenvalue weighted by Gasteiger charge is 2.25. The number of benzene rings is 2. The summed E-state index contributed by atoms with van der Waals surface area (Å²) in [6, 6.07) is 15.1. The number of ether oxygens (including phenoxy) is 1. The molecule has 1 heterocycles. The Morgan fingerprint density at radius 3 is 2.76 bits per heavy atom. The lowest BCUT2D eigenvalue weighted by Crippen LogP contribution is -2.22. The molecule has 4 rings (SSSR count). The number of para-hydroxylation sites is 1. The van der Waals surface area contributed by atoms with Crippen LogP contribution in [0.1, 0.15) is 40.4 Å². The minimum Gasteiger partial charge on any atom is -0.459 e. The molecule has 2 aromatic carbocycles. The number of allylic oxidation sites excluding steroid dienone is 3. The van der Waals surface area contributed by atoms with Crippen LogP contribution in [-0.2, 0) is 0 Å². The molecule has 0 aromatic heterocycles. The first-order valence-corrected chi connectivity index (χ1v) is 8.23. The topological polar surface area (TPSA) is 70.6 Å². The lowest BCUT2D eigenvalue weighted by molar-refractivity contribution is 0.0706. The predicted molar refractivity (Wildman–Crippen MR) is 93.1 cm³/mol. The van der Waals surface area contributed by atoms with Crippen molar-refractivity contribution in [2.24, 2.45) is 0 Å². The van der Waals surface area contributed by atoms with E-state index in [-0.39, 0.29) is 6.04 Å². The van der Waals surface area contributed by atoms with Gasteiger partial charge in [-0.05, 0) is 36.3 Å². The summed E-state index contributed by atoms with van der Waals surface area (Å²) < 4.78 is 6.16. The van der Waals surface area contributed by atoms with Gasteiger partial charge in [0.15, 0.2) is 0 Å². The number of hydrogen-bond acceptors (Lipinski definition) is 4. The van der Waals surface area contributed by atoms with Gasteiger partial charge in [0.2, 0.25) is 0 Å². The smallest absolute Gasteiger partial charge is 0.274 e. The molecular weight excluding hydrogens is 316 g/mol. The predicted octanol–water partition coefficient (Wildman–Crippen LogP) is 3.44. The van der Waals surface area contributed by atoms with Crippen molar-refractivity contribution in [3.63, 3.8) is 0 Å². The molecule has 1 unspecified atom stereocenters. The van der Waals surface area contributed by atoms with Crippen LogP contribution in [-0.4, -0.2) is 11.1 Å². The van der Waals surface area contributed by atoms with Crippen molar-refractivity contribution in [1.29, 1.82) is 0 Å². The minimum absolute atomic E-state index is 0.0855. The molecule has 5 nitrogen and oxygen atoms in total. The fraction of sp³-hybridized carbons (Fsp3) is 0.150. The van der Waals surface area contributed by atoms with Gasteiger partial charge in [0, 0.05) is 17.5 Å². The summed E-state index contributed by atoms with van der Waals surface area (Å²) in [5, 5.41) is 12.3. The Morgan fingerprint density at radius 1 is 1.16 bits per heavy atom. The molecule has 0 bridgehead atoms. The van der Waals surface area contributed by atoms with Crippen molar-refractivity contribution < 1.29 is 14.7 Å². The van der Waals surface area contributed by atoms with Gasteiger partial charge in [0.25, 0.3) is 5.91 Å². The summed E-state index contributed by atoms with van der Waals surface area (Å²) >= 11 is 0. The van der Waals surface area contributed by atoms with Gasteiger partial charge >= 0.3 is 0 Å². The number of nitrogens with one attached hydrogen (secondary N) is 2. The maximum atomic E-state index is 11.5. The van der Waals surface area contributed by atoms with E-state index >= 15 is 0 Å². The third kappa shape index (κ3) is 2.90. The van der Waals surface area contributed by atoms with Crippen molar-refractivity contribution >= 4 is 5.91 Å². The van der Waals surface area contributed by atoms with Gasteiger partial charge in [-0.2, -0.15) is 0 Å². The third-order valence-electron chi connectivity index (χ3n) is 4.49. The minimum atomic E-state index is -0.524. The van der Waals surface area contributed by atoms with Crippen LogP contribution in [0.2, 0.25) is 0 Å². The Bertz CT molecular complexity index is 869. The Balaban J connectivity index is 1.76. The van der Waals surface area contributed by atoms with Crippen LogP contribution in [0.15, 0.2) is 72.1 Å². The fourth-order valence-corrected chi connectivity index (χ4v) is 3.21. The lowest BCUT2D eigenvalue weighted by Gasteiger charge is -2.21. The molecule has 0 fully saturated rings. The van der Waals surface area contributed by atoms with Gasteiger partial charge in [-0.1, -0.05) is 36.4 Å². The standard InChI is InChI=1S/C20H18N2O3/c23-20(22-24)14-11-9-13(10-12-14)19-15-5-1-3-7-17(15)25-18-8-4-2-6-16(18)21-19/h1-3,5-7,9-12,19,21,24H,4,8H2,(H,22,23). The number of fused-ring (bicyclic) bond motifs is 1. The number of hydrogen-bond donors (Lipinski definition) is 3. The normalized spacial score (nSPS) is 18.4. The quantitative estimate of drug-likeness (QED) is 0.581. The fourth-order valence-electron chi connectivity index (χ4n) is 3.21. The molecule has 25 heavy (non-hydrogen) atoms. The Kier molecular flexibility index (Phi) is 3.99. The zero-order chi connectivity index (χ0) is 17.2. The van der Waals surface area contributed by atoms with Crippen LogP contribution in [0.25, 0.3) is 0 Å². The van der Waals surface area contributed by atoms with Crippen LogP contribution in [0.5, 0.6) is 5.75 Å². The van der Waals surface area contributed by atoms with Crippen molar-refractivity contribution in [2.45, 2.75) is 18.9 Å². The van der Waals surface area contributed by atoms with E-state index in [1.165, 1.54) is 0 Å². The summed E-state index contributed by atoms with van der Waals surface area (Å²) in [6.45, 7) is 0. The largest absolute Gasteiger partial charge is 0.459 e. The molecule has 2 aliphatic rings. The average Bonchev–Trinajstić information content (AvgIpc) is 2.84. The number of amides is 1. The van der Waals surface area contributed by atoms with E-state index in [4.69, 9.17) is 9.94 Å². The van der Waals surface area contributed by atoms with E-state index in [9.17, 15) is 4.79 Å². The van der Waals surface area contributed by atoms with Gasteiger partial charge in [0.05, 0.1) is 11.7 Å². The van der Waals surface area contributed by atoms with E-state index in [1.807, 2.05) is 36.4 Å². The van der Waals surface area contributed by atoms with E-state index in [0.29, 0.717) is 5.56 Å². The van der Waals surface area contributed by atoms with Crippen molar-refractivity contribution in [3.8, 4) is 5.75 Å². The number of rotatable bonds is 2. The molecule has 0 spiro atoms. The monoisotopic (exact) mass is 334 g/mol. The summed E-state index contributed by atoms with van der Waals surface area (Å²) in [4.78, 5) is 11.5. The van der Waals surface area contributed by atoms with Gasteiger partial charge in [-0.25, -0.2) is 5.48 Å².